The third kappa shape index (κ3) is 2.72. The number of hydrogen-bond acceptors (Lipinski definition) is 5. The number of nitrogens with one attached hydrogen (secondary N) is 3. The quantitative estimate of drug-likeness (QED) is 0.538. The maximum absolute atomic E-state index is 12.7. The average Bonchev–Trinajstić information content (AvgIpc) is 2.98. The van der Waals surface area contributed by atoms with Crippen LogP contribution in [0, 0.1) is 0 Å². The highest BCUT2D eigenvalue weighted by Gasteiger charge is 2.32. The largest absolute Gasteiger partial charge is 0.497 e. The van der Waals surface area contributed by atoms with E-state index in [1.807, 2.05) is 18.2 Å². The Balaban J connectivity index is 1.96. The molecule has 4 N–H and O–H groups in total. The molecule has 0 radical (unpaired) electrons. The Bertz CT molecular complexity index is 1180. The van der Waals surface area contributed by atoms with Gasteiger partial charge >= 0.3 is 5.69 Å². The predicted octanol–water partition coefficient (Wildman–Crippen LogP) is 1.72. The molecule has 4 rings (SSSR count). The lowest BCUT2D eigenvalue weighted by molar-refractivity contribution is 0.298. The van der Waals surface area contributed by atoms with Gasteiger partial charge < -0.3 is 20.1 Å². The molecule has 28 heavy (non-hydrogen) atoms. The van der Waals surface area contributed by atoms with Gasteiger partial charge in [0.25, 0.3) is 5.56 Å². The molecule has 0 saturated heterocycles. The summed E-state index contributed by atoms with van der Waals surface area (Å²) in [6.45, 7) is 6.02. The van der Waals surface area contributed by atoms with Gasteiger partial charge in [-0.3, -0.25) is 14.3 Å². The summed E-state index contributed by atoms with van der Waals surface area (Å²) in [4.78, 5) is 30.7. The molecule has 0 amide bonds. The molecule has 148 valence electrons. The van der Waals surface area contributed by atoms with Crippen LogP contribution in [0.25, 0.3) is 10.9 Å². The van der Waals surface area contributed by atoms with Crippen LogP contribution in [0.5, 0.6) is 11.6 Å². The van der Waals surface area contributed by atoms with Crippen molar-refractivity contribution >= 4 is 10.9 Å². The molecule has 0 bridgehead atoms. The van der Waals surface area contributed by atoms with Crippen molar-refractivity contribution in [2.75, 3.05) is 13.7 Å². The molecule has 1 aromatic carbocycles. The van der Waals surface area contributed by atoms with Crippen LogP contribution >= 0.6 is 0 Å². The van der Waals surface area contributed by atoms with E-state index in [1.54, 1.807) is 27.9 Å². The van der Waals surface area contributed by atoms with Crippen molar-refractivity contribution in [1.29, 1.82) is 0 Å². The van der Waals surface area contributed by atoms with E-state index in [-0.39, 0.29) is 11.4 Å². The number of aromatic amines is 2. The average molecular weight is 384 g/mol. The second-order valence-corrected chi connectivity index (χ2v) is 8.07. The Morgan fingerprint density at radius 1 is 1.21 bits per heavy atom. The Labute approximate surface area is 161 Å². The van der Waals surface area contributed by atoms with Crippen molar-refractivity contribution in [3.63, 3.8) is 0 Å². The lowest BCUT2D eigenvalue weighted by Gasteiger charge is -2.28. The fourth-order valence-corrected chi connectivity index (χ4v) is 4.00. The summed E-state index contributed by atoms with van der Waals surface area (Å²) in [5.41, 5.74) is 1.04. The Morgan fingerprint density at radius 2 is 1.96 bits per heavy atom. The van der Waals surface area contributed by atoms with Gasteiger partial charge in [-0.25, -0.2) is 4.79 Å². The fourth-order valence-electron chi connectivity index (χ4n) is 4.00. The van der Waals surface area contributed by atoms with Crippen LogP contribution in [0.15, 0.2) is 27.8 Å². The Kier molecular flexibility index (Phi) is 4.11. The summed E-state index contributed by atoms with van der Waals surface area (Å²) in [6, 6.07) is 5.22. The van der Waals surface area contributed by atoms with Crippen LogP contribution in [0.4, 0.5) is 0 Å². The zero-order valence-corrected chi connectivity index (χ0v) is 16.3. The lowest BCUT2D eigenvalue weighted by Crippen LogP contribution is -2.43. The zero-order valence-electron chi connectivity index (χ0n) is 16.3. The summed E-state index contributed by atoms with van der Waals surface area (Å²) in [7, 11) is 1.62. The highest BCUT2D eigenvalue weighted by atomic mass is 16.5. The molecule has 8 nitrogen and oxygen atoms in total. The van der Waals surface area contributed by atoms with E-state index < -0.39 is 22.8 Å². The van der Waals surface area contributed by atoms with E-state index in [0.717, 1.165) is 34.3 Å². The van der Waals surface area contributed by atoms with Crippen LogP contribution in [0.2, 0.25) is 0 Å². The summed E-state index contributed by atoms with van der Waals surface area (Å²) < 4.78 is 6.55. The molecular formula is C20H24N4O4. The van der Waals surface area contributed by atoms with Crippen LogP contribution in [-0.4, -0.2) is 33.3 Å². The number of benzene rings is 1. The minimum atomic E-state index is -0.689. The van der Waals surface area contributed by atoms with E-state index in [4.69, 9.17) is 4.74 Å². The van der Waals surface area contributed by atoms with Gasteiger partial charge in [-0.1, -0.05) is 0 Å². The molecule has 0 spiro atoms. The highest BCUT2D eigenvalue weighted by molar-refractivity contribution is 5.86. The standard InChI is InChI=1S/C20H24N4O4/c1-20(2,3)24-18(26)14(17(25)23-19(24)27)16-15-11(7-8-21-16)12-9-10(28-4)5-6-13(12)22-15/h5-6,9,16,21-22,26H,7-8H2,1-4H3,(H,23,25,27)/t16-/m1/s1. The first-order valence-electron chi connectivity index (χ1n) is 9.23. The van der Waals surface area contributed by atoms with Gasteiger partial charge in [0.05, 0.1) is 13.2 Å². The number of fused-ring (bicyclic) bond motifs is 3. The monoisotopic (exact) mass is 384 g/mol. The molecule has 3 aromatic rings. The van der Waals surface area contributed by atoms with E-state index in [1.165, 1.54) is 4.57 Å². The lowest BCUT2D eigenvalue weighted by atomic mass is 9.95. The predicted molar refractivity (Wildman–Crippen MR) is 106 cm³/mol. The Morgan fingerprint density at radius 3 is 2.64 bits per heavy atom. The van der Waals surface area contributed by atoms with Crippen molar-refractivity contribution in [2.45, 2.75) is 38.8 Å². The van der Waals surface area contributed by atoms with Gasteiger partial charge in [0.1, 0.15) is 11.3 Å². The number of aromatic nitrogens is 3. The van der Waals surface area contributed by atoms with E-state index in [2.05, 4.69) is 15.3 Å². The smallest absolute Gasteiger partial charge is 0.331 e. The second-order valence-electron chi connectivity index (χ2n) is 8.07. The number of rotatable bonds is 2. The third-order valence-corrected chi connectivity index (χ3v) is 5.24. The number of nitrogens with zero attached hydrogens (tertiary/aromatic N) is 1. The molecule has 1 atom stereocenters. The van der Waals surface area contributed by atoms with Gasteiger partial charge in [0, 0.05) is 28.7 Å². The highest BCUT2D eigenvalue weighted by Crippen LogP contribution is 2.36. The molecule has 1 aliphatic heterocycles. The normalized spacial score (nSPS) is 16.9. The van der Waals surface area contributed by atoms with Crippen LogP contribution < -0.4 is 21.3 Å². The van der Waals surface area contributed by atoms with Crippen LogP contribution in [0.3, 0.4) is 0 Å². The van der Waals surface area contributed by atoms with Gasteiger partial charge in [-0.2, -0.15) is 0 Å². The molecule has 3 heterocycles. The van der Waals surface area contributed by atoms with E-state index >= 15 is 0 Å². The molecule has 2 aromatic heterocycles. The van der Waals surface area contributed by atoms with Crippen molar-refractivity contribution in [3.8, 4) is 11.6 Å². The molecule has 0 aliphatic carbocycles. The SMILES string of the molecule is COc1ccc2[nH]c3c(c2c1)CCN[C@@H]3c1c(O)n(C(C)(C)C)c(=O)[nH]c1=O. The summed E-state index contributed by atoms with van der Waals surface area (Å²) in [5, 5.41) is 15.2. The second kappa shape index (κ2) is 6.27. The summed E-state index contributed by atoms with van der Waals surface area (Å²) in [5.74, 6) is 0.439. The number of methoxy groups -OCH3 is 1. The Hall–Kier alpha value is -3.00. The van der Waals surface area contributed by atoms with E-state index in [9.17, 15) is 14.7 Å². The van der Waals surface area contributed by atoms with Crippen LogP contribution in [-0.2, 0) is 12.0 Å². The van der Waals surface area contributed by atoms with Crippen molar-refractivity contribution in [2.24, 2.45) is 0 Å². The summed E-state index contributed by atoms with van der Waals surface area (Å²) in [6.07, 6.45) is 0.774. The molecule has 0 fully saturated rings. The van der Waals surface area contributed by atoms with Crippen molar-refractivity contribution in [3.05, 3.63) is 55.9 Å². The molecule has 8 heteroatoms. The van der Waals surface area contributed by atoms with Gasteiger partial charge in [0.15, 0.2) is 0 Å². The van der Waals surface area contributed by atoms with Gasteiger partial charge in [0.2, 0.25) is 5.88 Å². The van der Waals surface area contributed by atoms with E-state index in [0.29, 0.717) is 6.54 Å². The molecular weight excluding hydrogens is 360 g/mol. The number of aromatic hydroxyl groups is 1. The first kappa shape index (κ1) is 18.4. The van der Waals surface area contributed by atoms with Crippen molar-refractivity contribution < 1.29 is 9.84 Å². The number of hydrogen-bond donors (Lipinski definition) is 4. The maximum Gasteiger partial charge on any atom is 0.331 e. The topological polar surface area (TPSA) is 112 Å². The molecule has 0 unspecified atom stereocenters. The van der Waals surface area contributed by atoms with Gasteiger partial charge in [-0.15, -0.1) is 0 Å². The van der Waals surface area contributed by atoms with Crippen molar-refractivity contribution in [1.82, 2.24) is 19.9 Å². The fraction of sp³-hybridized carbons (Fsp3) is 0.400. The maximum atomic E-state index is 12.7. The minimum Gasteiger partial charge on any atom is -0.497 e. The third-order valence-electron chi connectivity index (χ3n) is 5.24. The summed E-state index contributed by atoms with van der Waals surface area (Å²) >= 11 is 0. The van der Waals surface area contributed by atoms with Gasteiger partial charge in [-0.05, 0) is 51.0 Å². The first-order chi connectivity index (χ1) is 13.2. The first-order valence-corrected chi connectivity index (χ1v) is 9.23. The number of ether oxygens (including phenoxy) is 1. The minimum absolute atomic E-state index is 0.133. The molecule has 1 aliphatic rings. The van der Waals surface area contributed by atoms with Crippen LogP contribution in [0.1, 0.15) is 43.6 Å². The molecule has 0 saturated carbocycles. The zero-order chi connectivity index (χ0) is 20.2. The number of H-pyrrole nitrogens is 2.